The maximum Gasteiger partial charge on any atom is 0.318 e. The number of methoxy groups -OCH3 is 1. The zero-order valence-corrected chi connectivity index (χ0v) is 17.7. The van der Waals surface area contributed by atoms with Crippen LogP contribution in [0.5, 0.6) is 11.5 Å². The summed E-state index contributed by atoms with van der Waals surface area (Å²) in [5, 5.41) is 3.15. The number of hydrogen-bond acceptors (Lipinski definition) is 5. The molecule has 0 aromatic heterocycles. The number of esters is 1. The summed E-state index contributed by atoms with van der Waals surface area (Å²) >= 11 is 0. The molecular formula is C22H32N2O5. The third-order valence-electron chi connectivity index (χ3n) is 5.69. The molecule has 160 valence electrons. The molecule has 2 aliphatic rings. The van der Waals surface area contributed by atoms with E-state index in [-0.39, 0.29) is 30.5 Å². The summed E-state index contributed by atoms with van der Waals surface area (Å²) < 4.78 is 16.4. The quantitative estimate of drug-likeness (QED) is 0.703. The van der Waals surface area contributed by atoms with Crippen LogP contribution in [-0.4, -0.2) is 49.8 Å². The summed E-state index contributed by atoms with van der Waals surface area (Å²) in [5.74, 6) is 1.00. The summed E-state index contributed by atoms with van der Waals surface area (Å²) in [6, 6.07) is 3.64. The average molecular weight is 405 g/mol. The highest BCUT2D eigenvalue weighted by molar-refractivity contribution is 5.78. The molecule has 0 spiro atoms. The Bertz CT molecular complexity index is 730. The van der Waals surface area contributed by atoms with E-state index >= 15 is 0 Å². The molecule has 1 aliphatic heterocycles. The number of ether oxygens (including phenoxy) is 3. The number of nitrogens with one attached hydrogen (secondary N) is 1. The van der Waals surface area contributed by atoms with Crippen molar-refractivity contribution < 1.29 is 23.8 Å². The van der Waals surface area contributed by atoms with Gasteiger partial charge in [0.05, 0.1) is 32.8 Å². The Morgan fingerprint density at radius 2 is 1.76 bits per heavy atom. The average Bonchev–Trinajstić information content (AvgIpc) is 3.22. The number of hydrogen-bond donors (Lipinski definition) is 1. The van der Waals surface area contributed by atoms with Gasteiger partial charge in [-0.25, -0.2) is 4.79 Å². The minimum Gasteiger partial charge on any atom is -0.490 e. The van der Waals surface area contributed by atoms with Gasteiger partial charge in [0.1, 0.15) is 0 Å². The number of urea groups is 1. The first kappa shape index (κ1) is 21.3. The standard InChI is InChI=1S/C22H32N2O5/c1-4-28-19-12-15-10-11-24(22(26)23-16-8-6-7-9-16)18(14-21(25)27-3)17(15)13-20(19)29-5-2/h12-13,16,18H,4-11,14H2,1-3H3,(H,23,26). The SMILES string of the molecule is CCOc1cc2c(cc1OCC)C(CC(=O)OC)N(C(=O)NC1CCCC1)CC2. The van der Waals surface area contributed by atoms with Crippen LogP contribution in [0.4, 0.5) is 4.79 Å². The van der Waals surface area contributed by atoms with Crippen LogP contribution in [0, 0.1) is 0 Å². The van der Waals surface area contributed by atoms with Gasteiger partial charge in [-0.05, 0) is 56.4 Å². The maximum atomic E-state index is 13.0. The summed E-state index contributed by atoms with van der Waals surface area (Å²) in [6.07, 6.45) is 5.15. The highest BCUT2D eigenvalue weighted by Crippen LogP contribution is 2.40. The molecule has 0 radical (unpaired) electrons. The van der Waals surface area contributed by atoms with E-state index in [1.54, 1.807) is 4.90 Å². The fraction of sp³-hybridized carbons (Fsp3) is 0.636. The fourth-order valence-corrected chi connectivity index (χ4v) is 4.28. The lowest BCUT2D eigenvalue weighted by Gasteiger charge is -2.38. The molecular weight excluding hydrogens is 372 g/mol. The van der Waals surface area contributed by atoms with Crippen molar-refractivity contribution in [3.63, 3.8) is 0 Å². The molecule has 1 aromatic rings. The Labute approximate surface area is 172 Å². The van der Waals surface area contributed by atoms with E-state index in [1.807, 2.05) is 26.0 Å². The van der Waals surface area contributed by atoms with Gasteiger partial charge in [-0.3, -0.25) is 4.79 Å². The van der Waals surface area contributed by atoms with Crippen molar-refractivity contribution in [2.75, 3.05) is 26.9 Å². The Morgan fingerprint density at radius 3 is 2.38 bits per heavy atom. The fourth-order valence-electron chi connectivity index (χ4n) is 4.28. The Morgan fingerprint density at radius 1 is 1.10 bits per heavy atom. The first-order valence-corrected chi connectivity index (χ1v) is 10.6. The Hall–Kier alpha value is -2.44. The molecule has 2 amide bonds. The van der Waals surface area contributed by atoms with Gasteiger partial charge in [0.15, 0.2) is 11.5 Å². The number of carbonyl (C=O) groups excluding carboxylic acids is 2. The highest BCUT2D eigenvalue weighted by Gasteiger charge is 2.35. The van der Waals surface area contributed by atoms with Gasteiger partial charge in [-0.1, -0.05) is 12.8 Å². The summed E-state index contributed by atoms with van der Waals surface area (Å²) in [4.78, 5) is 26.9. The first-order chi connectivity index (χ1) is 14.1. The van der Waals surface area contributed by atoms with E-state index in [0.29, 0.717) is 37.7 Å². The van der Waals surface area contributed by atoms with Crippen LogP contribution < -0.4 is 14.8 Å². The van der Waals surface area contributed by atoms with E-state index in [2.05, 4.69) is 5.32 Å². The normalized spacial score (nSPS) is 18.9. The molecule has 0 saturated heterocycles. The molecule has 1 N–H and O–H groups in total. The second-order valence-electron chi connectivity index (χ2n) is 7.53. The molecule has 1 fully saturated rings. The molecule has 1 unspecified atom stereocenters. The highest BCUT2D eigenvalue weighted by atomic mass is 16.5. The second-order valence-corrected chi connectivity index (χ2v) is 7.53. The lowest BCUT2D eigenvalue weighted by molar-refractivity contribution is -0.141. The van der Waals surface area contributed by atoms with Crippen molar-refractivity contribution in [1.82, 2.24) is 10.2 Å². The number of benzene rings is 1. The molecule has 7 nitrogen and oxygen atoms in total. The van der Waals surface area contributed by atoms with Crippen LogP contribution in [-0.2, 0) is 16.0 Å². The predicted octanol–water partition coefficient (Wildman–Crippen LogP) is 3.60. The van der Waals surface area contributed by atoms with Crippen molar-refractivity contribution in [3.8, 4) is 11.5 Å². The lowest BCUT2D eigenvalue weighted by atomic mass is 9.90. The number of rotatable bonds is 7. The molecule has 7 heteroatoms. The predicted molar refractivity (Wildman–Crippen MR) is 109 cm³/mol. The number of nitrogens with zero attached hydrogens (tertiary/aromatic N) is 1. The van der Waals surface area contributed by atoms with Gasteiger partial charge in [0.2, 0.25) is 0 Å². The van der Waals surface area contributed by atoms with Crippen molar-refractivity contribution >= 4 is 12.0 Å². The molecule has 1 heterocycles. The van der Waals surface area contributed by atoms with Gasteiger partial charge < -0.3 is 24.4 Å². The molecule has 3 rings (SSSR count). The maximum absolute atomic E-state index is 13.0. The third-order valence-corrected chi connectivity index (χ3v) is 5.69. The summed E-state index contributed by atoms with van der Waals surface area (Å²) in [7, 11) is 1.37. The van der Waals surface area contributed by atoms with Gasteiger partial charge >= 0.3 is 12.0 Å². The van der Waals surface area contributed by atoms with Crippen LogP contribution >= 0.6 is 0 Å². The van der Waals surface area contributed by atoms with Crippen molar-refractivity contribution in [2.24, 2.45) is 0 Å². The van der Waals surface area contributed by atoms with E-state index in [1.165, 1.54) is 7.11 Å². The van der Waals surface area contributed by atoms with Crippen LogP contribution in [0.1, 0.15) is 63.1 Å². The van der Waals surface area contributed by atoms with Crippen molar-refractivity contribution in [3.05, 3.63) is 23.3 Å². The van der Waals surface area contributed by atoms with Crippen LogP contribution in [0.2, 0.25) is 0 Å². The van der Waals surface area contributed by atoms with Gasteiger partial charge in [-0.2, -0.15) is 0 Å². The largest absolute Gasteiger partial charge is 0.490 e. The van der Waals surface area contributed by atoms with E-state index in [0.717, 1.165) is 36.8 Å². The molecule has 1 atom stereocenters. The lowest BCUT2D eigenvalue weighted by Crippen LogP contribution is -2.48. The zero-order valence-electron chi connectivity index (χ0n) is 17.7. The van der Waals surface area contributed by atoms with E-state index in [4.69, 9.17) is 14.2 Å². The minimum absolute atomic E-state index is 0.108. The molecule has 1 aromatic carbocycles. The Balaban J connectivity index is 1.92. The molecule has 29 heavy (non-hydrogen) atoms. The van der Waals surface area contributed by atoms with Gasteiger partial charge in [0, 0.05) is 12.6 Å². The Kier molecular flexibility index (Phi) is 7.23. The first-order valence-electron chi connectivity index (χ1n) is 10.6. The molecule has 1 saturated carbocycles. The number of fused-ring (bicyclic) bond motifs is 1. The summed E-state index contributed by atoms with van der Waals surface area (Å²) in [6.45, 7) is 5.45. The van der Waals surface area contributed by atoms with Crippen molar-refractivity contribution in [2.45, 2.75) is 64.5 Å². The topological polar surface area (TPSA) is 77.1 Å². The zero-order chi connectivity index (χ0) is 20.8. The monoisotopic (exact) mass is 404 g/mol. The van der Waals surface area contributed by atoms with Gasteiger partial charge in [-0.15, -0.1) is 0 Å². The molecule has 1 aliphatic carbocycles. The van der Waals surface area contributed by atoms with E-state index < -0.39 is 0 Å². The van der Waals surface area contributed by atoms with Gasteiger partial charge in [0.25, 0.3) is 0 Å². The molecule has 0 bridgehead atoms. The third kappa shape index (κ3) is 4.95. The van der Waals surface area contributed by atoms with Crippen LogP contribution in [0.3, 0.4) is 0 Å². The van der Waals surface area contributed by atoms with E-state index in [9.17, 15) is 9.59 Å². The summed E-state index contributed by atoms with van der Waals surface area (Å²) in [5.41, 5.74) is 2.01. The second kappa shape index (κ2) is 9.85. The minimum atomic E-state index is -0.387. The number of carbonyl (C=O) groups is 2. The van der Waals surface area contributed by atoms with Crippen LogP contribution in [0.15, 0.2) is 12.1 Å². The smallest absolute Gasteiger partial charge is 0.318 e. The van der Waals surface area contributed by atoms with Crippen LogP contribution in [0.25, 0.3) is 0 Å². The number of amides is 2. The van der Waals surface area contributed by atoms with Crippen molar-refractivity contribution in [1.29, 1.82) is 0 Å².